The van der Waals surface area contributed by atoms with E-state index in [2.05, 4.69) is 12.1 Å². The molecule has 2 amide bonds. The topological polar surface area (TPSA) is 54.3 Å². The van der Waals surface area contributed by atoms with E-state index in [-0.39, 0.29) is 11.8 Å². The van der Waals surface area contributed by atoms with Crippen molar-refractivity contribution in [1.29, 1.82) is 0 Å². The SMILES string of the molecule is COc1ccc(C[NH+]2CCN(C(=O)Cc3ccc(N4CCCC4=O)cc3)CC2)cc1. The minimum absolute atomic E-state index is 0.184. The van der Waals surface area contributed by atoms with Crippen molar-refractivity contribution in [3.8, 4) is 5.75 Å². The fraction of sp³-hybridized carbons (Fsp3) is 0.417. The molecule has 4 rings (SSSR count). The quantitative estimate of drug-likeness (QED) is 0.784. The van der Waals surface area contributed by atoms with Crippen molar-refractivity contribution in [3.05, 3.63) is 59.7 Å². The van der Waals surface area contributed by atoms with Crippen LogP contribution in [0, 0.1) is 0 Å². The number of anilines is 1. The zero-order valence-electron chi connectivity index (χ0n) is 17.6. The Balaban J connectivity index is 1.25. The molecule has 0 unspecified atom stereocenters. The Morgan fingerprint density at radius 2 is 1.63 bits per heavy atom. The van der Waals surface area contributed by atoms with Crippen LogP contribution < -0.4 is 14.5 Å². The Kier molecular flexibility index (Phi) is 6.33. The second kappa shape index (κ2) is 9.30. The van der Waals surface area contributed by atoms with E-state index >= 15 is 0 Å². The molecular weight excluding hydrogens is 378 g/mol. The average molecular weight is 409 g/mol. The van der Waals surface area contributed by atoms with Gasteiger partial charge < -0.3 is 19.4 Å². The minimum Gasteiger partial charge on any atom is -0.497 e. The molecule has 2 aliphatic rings. The first kappa shape index (κ1) is 20.4. The number of carbonyl (C=O) groups is 2. The van der Waals surface area contributed by atoms with E-state index in [0.29, 0.717) is 12.8 Å². The molecule has 6 heteroatoms. The number of benzene rings is 2. The Labute approximate surface area is 178 Å². The molecule has 30 heavy (non-hydrogen) atoms. The predicted octanol–water partition coefficient (Wildman–Crippen LogP) is 1.29. The second-order valence-electron chi connectivity index (χ2n) is 8.15. The zero-order valence-corrected chi connectivity index (χ0v) is 17.6. The molecule has 2 aliphatic heterocycles. The minimum atomic E-state index is 0.184. The molecule has 2 heterocycles. The van der Waals surface area contributed by atoms with Crippen LogP contribution in [0.1, 0.15) is 24.0 Å². The van der Waals surface area contributed by atoms with Gasteiger partial charge in [0.25, 0.3) is 0 Å². The number of nitrogens with one attached hydrogen (secondary N) is 1. The van der Waals surface area contributed by atoms with Gasteiger partial charge in [0.1, 0.15) is 12.3 Å². The van der Waals surface area contributed by atoms with E-state index in [1.807, 2.05) is 46.2 Å². The molecule has 6 nitrogen and oxygen atoms in total. The first-order valence-corrected chi connectivity index (χ1v) is 10.8. The first-order chi connectivity index (χ1) is 14.6. The molecular formula is C24H30N3O3+. The number of ether oxygens (including phenoxy) is 1. The van der Waals surface area contributed by atoms with Gasteiger partial charge in [-0.1, -0.05) is 12.1 Å². The lowest BCUT2D eigenvalue weighted by Crippen LogP contribution is -3.13. The molecule has 2 fully saturated rings. The standard InChI is InChI=1S/C24H29N3O3/c1-30-22-10-6-20(7-11-22)18-25-13-15-26(16-14-25)24(29)17-19-4-8-21(9-5-19)27-12-2-3-23(27)28/h4-11H,2-3,12-18H2,1H3/p+1. The third kappa shape index (κ3) is 4.82. The van der Waals surface area contributed by atoms with Crippen molar-refractivity contribution in [1.82, 2.24) is 4.90 Å². The van der Waals surface area contributed by atoms with Crippen LogP contribution in [-0.4, -0.2) is 56.5 Å². The van der Waals surface area contributed by atoms with E-state index in [0.717, 1.165) is 62.7 Å². The summed E-state index contributed by atoms with van der Waals surface area (Å²) in [6.45, 7) is 5.29. The molecule has 0 aromatic heterocycles. The van der Waals surface area contributed by atoms with Crippen molar-refractivity contribution in [3.63, 3.8) is 0 Å². The largest absolute Gasteiger partial charge is 0.497 e. The second-order valence-corrected chi connectivity index (χ2v) is 8.15. The summed E-state index contributed by atoms with van der Waals surface area (Å²) in [7, 11) is 1.68. The van der Waals surface area contributed by atoms with Gasteiger partial charge in [0.15, 0.2) is 0 Å². The van der Waals surface area contributed by atoms with Gasteiger partial charge in [-0.25, -0.2) is 0 Å². The lowest BCUT2D eigenvalue weighted by molar-refractivity contribution is -0.917. The highest BCUT2D eigenvalue weighted by Gasteiger charge is 2.24. The molecule has 0 aliphatic carbocycles. The van der Waals surface area contributed by atoms with Crippen molar-refractivity contribution >= 4 is 17.5 Å². The highest BCUT2D eigenvalue weighted by atomic mass is 16.5. The van der Waals surface area contributed by atoms with Crippen molar-refractivity contribution in [2.24, 2.45) is 0 Å². The third-order valence-electron chi connectivity index (χ3n) is 6.11. The summed E-state index contributed by atoms with van der Waals surface area (Å²) in [5, 5.41) is 0. The van der Waals surface area contributed by atoms with E-state index in [4.69, 9.17) is 4.74 Å². The molecule has 2 saturated heterocycles. The van der Waals surface area contributed by atoms with Crippen LogP contribution in [-0.2, 0) is 22.6 Å². The molecule has 1 N–H and O–H groups in total. The first-order valence-electron chi connectivity index (χ1n) is 10.8. The zero-order chi connectivity index (χ0) is 20.9. The Morgan fingerprint density at radius 3 is 2.23 bits per heavy atom. The maximum Gasteiger partial charge on any atom is 0.227 e. The van der Waals surface area contributed by atoms with Gasteiger partial charge in [0, 0.05) is 24.2 Å². The van der Waals surface area contributed by atoms with Gasteiger partial charge in [-0.15, -0.1) is 0 Å². The number of methoxy groups -OCH3 is 1. The molecule has 0 saturated carbocycles. The van der Waals surface area contributed by atoms with Gasteiger partial charge in [0.2, 0.25) is 11.8 Å². The van der Waals surface area contributed by atoms with Gasteiger partial charge in [-0.2, -0.15) is 0 Å². The van der Waals surface area contributed by atoms with Gasteiger partial charge >= 0.3 is 0 Å². The number of hydrogen-bond donors (Lipinski definition) is 1. The van der Waals surface area contributed by atoms with Crippen LogP contribution in [0.25, 0.3) is 0 Å². The number of hydrogen-bond acceptors (Lipinski definition) is 3. The van der Waals surface area contributed by atoms with E-state index < -0.39 is 0 Å². The van der Waals surface area contributed by atoms with Crippen LogP contribution in [0.4, 0.5) is 5.69 Å². The predicted molar refractivity (Wildman–Crippen MR) is 116 cm³/mol. The van der Waals surface area contributed by atoms with E-state index in [1.54, 1.807) is 7.11 Å². The number of rotatable bonds is 6. The summed E-state index contributed by atoms with van der Waals surface area (Å²) in [5.74, 6) is 1.25. The molecule has 0 atom stereocenters. The number of amides is 2. The summed E-state index contributed by atoms with van der Waals surface area (Å²) in [5.41, 5.74) is 3.23. The van der Waals surface area contributed by atoms with Crippen LogP contribution in [0.3, 0.4) is 0 Å². The van der Waals surface area contributed by atoms with Crippen molar-refractivity contribution < 1.29 is 19.2 Å². The van der Waals surface area contributed by atoms with Crippen LogP contribution in [0.2, 0.25) is 0 Å². The molecule has 2 aromatic rings. The van der Waals surface area contributed by atoms with Gasteiger partial charge in [0.05, 0.1) is 39.7 Å². The Bertz CT molecular complexity index is 872. The summed E-state index contributed by atoms with van der Waals surface area (Å²) in [6.07, 6.45) is 1.97. The Morgan fingerprint density at radius 1 is 0.967 bits per heavy atom. The number of piperazine rings is 1. The molecule has 0 radical (unpaired) electrons. The molecule has 2 aromatic carbocycles. The fourth-order valence-corrected chi connectivity index (χ4v) is 4.28. The maximum absolute atomic E-state index is 12.7. The molecule has 158 valence electrons. The highest BCUT2D eigenvalue weighted by molar-refractivity contribution is 5.95. The third-order valence-corrected chi connectivity index (χ3v) is 6.11. The number of nitrogens with zero attached hydrogens (tertiary/aromatic N) is 2. The van der Waals surface area contributed by atoms with Gasteiger partial charge in [-0.3, -0.25) is 9.59 Å². The van der Waals surface area contributed by atoms with Crippen LogP contribution >= 0.6 is 0 Å². The highest BCUT2D eigenvalue weighted by Crippen LogP contribution is 2.22. The normalized spacial score (nSPS) is 17.4. The van der Waals surface area contributed by atoms with E-state index in [9.17, 15) is 9.59 Å². The summed E-state index contributed by atoms with van der Waals surface area (Å²) >= 11 is 0. The van der Waals surface area contributed by atoms with Crippen LogP contribution in [0.15, 0.2) is 48.5 Å². The van der Waals surface area contributed by atoms with Gasteiger partial charge in [-0.05, 0) is 48.4 Å². The Hall–Kier alpha value is -2.86. The summed E-state index contributed by atoms with van der Waals surface area (Å²) < 4.78 is 5.22. The smallest absolute Gasteiger partial charge is 0.227 e. The lowest BCUT2D eigenvalue weighted by atomic mass is 10.1. The van der Waals surface area contributed by atoms with Crippen LogP contribution in [0.5, 0.6) is 5.75 Å². The number of quaternary nitrogens is 1. The number of carbonyl (C=O) groups excluding carboxylic acids is 2. The monoisotopic (exact) mass is 408 g/mol. The van der Waals surface area contributed by atoms with Crippen molar-refractivity contribution in [2.45, 2.75) is 25.8 Å². The van der Waals surface area contributed by atoms with Crippen molar-refractivity contribution in [2.75, 3.05) is 44.7 Å². The lowest BCUT2D eigenvalue weighted by Gasteiger charge is -2.32. The van der Waals surface area contributed by atoms with E-state index in [1.165, 1.54) is 10.5 Å². The summed E-state index contributed by atoms with van der Waals surface area (Å²) in [6, 6.07) is 16.1. The summed E-state index contributed by atoms with van der Waals surface area (Å²) in [4.78, 5) is 29.9. The molecule has 0 spiro atoms. The molecule has 0 bridgehead atoms. The maximum atomic E-state index is 12.7. The average Bonchev–Trinajstić information content (AvgIpc) is 3.21. The fourth-order valence-electron chi connectivity index (χ4n) is 4.28.